The Morgan fingerprint density at radius 2 is 1.71 bits per heavy atom. The van der Waals surface area contributed by atoms with Crippen LogP contribution in [0.15, 0.2) is 24.3 Å². The van der Waals surface area contributed by atoms with Crippen molar-refractivity contribution in [2.45, 2.75) is 64.1 Å². The molecule has 2 unspecified atom stereocenters. The molecule has 5 heteroatoms. The number of benzene rings is 1. The van der Waals surface area contributed by atoms with E-state index in [9.17, 15) is 9.59 Å². The molecule has 0 radical (unpaired) electrons. The molecule has 3 rings (SSSR count). The highest BCUT2D eigenvalue weighted by Crippen LogP contribution is 2.31. The molecule has 3 N–H and O–H groups in total. The zero-order chi connectivity index (χ0) is 17.3. The van der Waals surface area contributed by atoms with Crippen molar-refractivity contribution in [1.82, 2.24) is 16.2 Å². The van der Waals surface area contributed by atoms with Gasteiger partial charge in [-0.25, -0.2) is 10.9 Å². The van der Waals surface area contributed by atoms with Gasteiger partial charge in [0, 0.05) is 5.54 Å². The van der Waals surface area contributed by atoms with Crippen molar-refractivity contribution in [3.63, 3.8) is 0 Å². The molecular weight excluding hydrogens is 302 g/mol. The average Bonchev–Trinajstić information content (AvgIpc) is 3.12. The van der Waals surface area contributed by atoms with E-state index in [2.05, 4.69) is 54.3 Å². The van der Waals surface area contributed by atoms with Gasteiger partial charge < -0.3 is 5.32 Å². The van der Waals surface area contributed by atoms with Gasteiger partial charge in [0.2, 0.25) is 5.91 Å². The molecule has 0 aromatic heterocycles. The van der Waals surface area contributed by atoms with Crippen LogP contribution in [0.2, 0.25) is 0 Å². The lowest BCUT2D eigenvalue weighted by Crippen LogP contribution is -2.52. The second-order valence-corrected chi connectivity index (χ2v) is 7.86. The topological polar surface area (TPSA) is 70.2 Å². The summed E-state index contributed by atoms with van der Waals surface area (Å²) in [5.74, 6) is 0.588. The van der Waals surface area contributed by atoms with Gasteiger partial charge >= 0.3 is 0 Å². The quantitative estimate of drug-likeness (QED) is 0.766. The third-order valence-electron chi connectivity index (χ3n) is 5.11. The second-order valence-electron chi connectivity index (χ2n) is 7.86. The number of Topliss-reactive ketones (excluding diaryl/α,β-unsaturated/α-hetero) is 1. The third kappa shape index (κ3) is 3.84. The summed E-state index contributed by atoms with van der Waals surface area (Å²) < 4.78 is 0. The van der Waals surface area contributed by atoms with Crippen molar-refractivity contribution in [2.75, 3.05) is 0 Å². The number of nitrogens with one attached hydrogen (secondary N) is 3. The number of hydrogen-bond acceptors (Lipinski definition) is 4. The first-order valence-electron chi connectivity index (χ1n) is 8.74. The summed E-state index contributed by atoms with van der Waals surface area (Å²) in [6.45, 7) is 5.71. The first-order valence-corrected chi connectivity index (χ1v) is 8.74. The molecule has 24 heavy (non-hydrogen) atoms. The minimum atomic E-state index is -0.348. The van der Waals surface area contributed by atoms with E-state index < -0.39 is 0 Å². The molecule has 5 nitrogen and oxygen atoms in total. The van der Waals surface area contributed by atoms with Crippen LogP contribution in [0.4, 0.5) is 0 Å². The monoisotopic (exact) mass is 329 g/mol. The zero-order valence-corrected chi connectivity index (χ0v) is 14.7. The molecule has 1 saturated heterocycles. The molecule has 1 aromatic rings. The standard InChI is InChI=1S/C19H27N3O2/c1-12(23)16-10-17(22-21-16)18(24)20-19(2,3)11-13-8-14-6-4-5-7-15(14)9-13/h4-7,13,16-17,21-22H,8-11H2,1-3H3,(H,20,24). The van der Waals surface area contributed by atoms with E-state index in [0.717, 1.165) is 19.3 Å². The van der Waals surface area contributed by atoms with Crippen LogP contribution in [0.1, 0.15) is 44.7 Å². The fourth-order valence-electron chi connectivity index (χ4n) is 3.98. The van der Waals surface area contributed by atoms with E-state index in [1.54, 1.807) is 6.92 Å². The molecule has 0 bridgehead atoms. The molecule has 2 atom stereocenters. The van der Waals surface area contributed by atoms with E-state index in [4.69, 9.17) is 0 Å². The number of carbonyl (C=O) groups excluding carboxylic acids is 2. The smallest absolute Gasteiger partial charge is 0.238 e. The highest BCUT2D eigenvalue weighted by Gasteiger charge is 2.35. The number of hydrogen-bond donors (Lipinski definition) is 3. The van der Waals surface area contributed by atoms with Gasteiger partial charge in [-0.3, -0.25) is 9.59 Å². The van der Waals surface area contributed by atoms with Crippen LogP contribution in [0.25, 0.3) is 0 Å². The molecule has 0 saturated carbocycles. The molecule has 1 aromatic carbocycles. The first-order chi connectivity index (χ1) is 11.3. The summed E-state index contributed by atoms with van der Waals surface area (Å²) in [7, 11) is 0. The molecule has 2 aliphatic rings. The maximum absolute atomic E-state index is 12.5. The number of amides is 1. The van der Waals surface area contributed by atoms with Crippen molar-refractivity contribution in [3.8, 4) is 0 Å². The average molecular weight is 329 g/mol. The summed E-state index contributed by atoms with van der Waals surface area (Å²) in [6, 6.07) is 7.98. The molecule has 1 fully saturated rings. The van der Waals surface area contributed by atoms with E-state index in [0.29, 0.717) is 12.3 Å². The van der Waals surface area contributed by atoms with Gasteiger partial charge in [0.05, 0.1) is 6.04 Å². The van der Waals surface area contributed by atoms with Crippen molar-refractivity contribution >= 4 is 11.7 Å². The Kier molecular flexibility index (Phi) is 4.74. The van der Waals surface area contributed by atoms with Gasteiger partial charge in [0.15, 0.2) is 0 Å². The van der Waals surface area contributed by atoms with E-state index in [1.807, 2.05) is 0 Å². The van der Waals surface area contributed by atoms with Crippen molar-refractivity contribution in [2.24, 2.45) is 5.92 Å². The Balaban J connectivity index is 1.53. The Hall–Kier alpha value is -1.72. The van der Waals surface area contributed by atoms with Gasteiger partial charge in [-0.05, 0) is 63.5 Å². The minimum Gasteiger partial charge on any atom is -0.350 e. The molecular formula is C19H27N3O2. The predicted octanol–water partition coefficient (Wildman–Crippen LogP) is 1.51. The Bertz CT molecular complexity index is 616. The Morgan fingerprint density at radius 1 is 1.12 bits per heavy atom. The largest absolute Gasteiger partial charge is 0.350 e. The van der Waals surface area contributed by atoms with Crippen LogP contribution in [0, 0.1) is 5.92 Å². The Morgan fingerprint density at radius 3 is 2.25 bits per heavy atom. The van der Waals surface area contributed by atoms with E-state index in [1.165, 1.54) is 11.1 Å². The predicted molar refractivity (Wildman–Crippen MR) is 93.3 cm³/mol. The van der Waals surface area contributed by atoms with Gasteiger partial charge in [-0.15, -0.1) is 0 Å². The molecule has 1 aliphatic heterocycles. The maximum atomic E-state index is 12.5. The lowest BCUT2D eigenvalue weighted by Gasteiger charge is -2.30. The van der Waals surface area contributed by atoms with Crippen LogP contribution in [0.5, 0.6) is 0 Å². The fraction of sp³-hybridized carbons (Fsp3) is 0.579. The van der Waals surface area contributed by atoms with Gasteiger partial charge in [-0.2, -0.15) is 0 Å². The third-order valence-corrected chi connectivity index (χ3v) is 5.11. The number of rotatable bonds is 5. The summed E-state index contributed by atoms with van der Waals surface area (Å²) in [5, 5.41) is 3.16. The maximum Gasteiger partial charge on any atom is 0.238 e. The van der Waals surface area contributed by atoms with Gasteiger partial charge in [-0.1, -0.05) is 24.3 Å². The van der Waals surface area contributed by atoms with Crippen LogP contribution in [0.3, 0.4) is 0 Å². The molecule has 130 valence electrons. The number of fused-ring (bicyclic) bond motifs is 1. The first kappa shape index (κ1) is 17.1. The van der Waals surface area contributed by atoms with Crippen molar-refractivity contribution in [1.29, 1.82) is 0 Å². The van der Waals surface area contributed by atoms with E-state index >= 15 is 0 Å². The number of carbonyl (C=O) groups is 2. The van der Waals surface area contributed by atoms with Crippen LogP contribution >= 0.6 is 0 Å². The number of hydrazine groups is 1. The Labute approximate surface area is 143 Å². The minimum absolute atomic E-state index is 0.0354. The lowest BCUT2D eigenvalue weighted by atomic mass is 9.88. The van der Waals surface area contributed by atoms with Crippen LogP contribution < -0.4 is 16.2 Å². The summed E-state index contributed by atoms with van der Waals surface area (Å²) in [4.78, 5) is 23.9. The lowest BCUT2D eigenvalue weighted by molar-refractivity contribution is -0.124. The molecule has 0 spiro atoms. The number of ketones is 1. The highest BCUT2D eigenvalue weighted by molar-refractivity contribution is 5.86. The second kappa shape index (κ2) is 6.65. The summed E-state index contributed by atoms with van der Waals surface area (Å²) in [6.07, 6.45) is 3.63. The van der Waals surface area contributed by atoms with Crippen LogP contribution in [-0.2, 0) is 22.4 Å². The van der Waals surface area contributed by atoms with Crippen molar-refractivity contribution < 1.29 is 9.59 Å². The summed E-state index contributed by atoms with van der Waals surface area (Å²) >= 11 is 0. The fourth-order valence-corrected chi connectivity index (χ4v) is 3.98. The SMILES string of the molecule is CC(=O)C1CC(C(=O)NC(C)(C)CC2Cc3ccccc3C2)NN1. The molecule has 1 amide bonds. The zero-order valence-electron chi connectivity index (χ0n) is 14.7. The van der Waals surface area contributed by atoms with Gasteiger partial charge in [0.1, 0.15) is 11.8 Å². The molecule has 1 aliphatic carbocycles. The van der Waals surface area contributed by atoms with Gasteiger partial charge in [0.25, 0.3) is 0 Å². The molecule has 1 heterocycles. The van der Waals surface area contributed by atoms with Crippen molar-refractivity contribution in [3.05, 3.63) is 35.4 Å². The summed E-state index contributed by atoms with van der Waals surface area (Å²) in [5.41, 5.74) is 8.45. The van der Waals surface area contributed by atoms with Crippen LogP contribution in [-0.4, -0.2) is 29.3 Å². The van der Waals surface area contributed by atoms with E-state index in [-0.39, 0.29) is 29.3 Å². The highest BCUT2D eigenvalue weighted by atomic mass is 16.2. The normalized spacial score (nSPS) is 24.0.